The maximum absolute atomic E-state index is 5.80. The molecular formula is C14H24N2O2. The summed E-state index contributed by atoms with van der Waals surface area (Å²) < 4.78 is 10.9. The molecule has 18 heavy (non-hydrogen) atoms. The summed E-state index contributed by atoms with van der Waals surface area (Å²) in [7, 11) is 1.71. The van der Waals surface area contributed by atoms with Crippen LogP contribution in [-0.4, -0.2) is 44.5 Å². The van der Waals surface area contributed by atoms with Gasteiger partial charge in [0.2, 0.25) is 0 Å². The number of rotatable bonds is 10. The van der Waals surface area contributed by atoms with Gasteiger partial charge in [0, 0.05) is 32.7 Å². The third-order valence-corrected chi connectivity index (χ3v) is 2.69. The summed E-state index contributed by atoms with van der Waals surface area (Å²) in [6, 6.07) is 4.09. The molecule has 0 aromatic carbocycles. The lowest BCUT2D eigenvalue weighted by Gasteiger charge is -2.17. The Hall–Kier alpha value is -0.970. The zero-order valence-electron chi connectivity index (χ0n) is 11.4. The van der Waals surface area contributed by atoms with Crippen LogP contribution in [0.4, 0.5) is 0 Å². The molecule has 0 fully saturated rings. The first-order chi connectivity index (χ1) is 8.86. The monoisotopic (exact) mass is 252 g/mol. The Bertz CT molecular complexity index is 293. The van der Waals surface area contributed by atoms with Gasteiger partial charge in [-0.15, -0.1) is 0 Å². The van der Waals surface area contributed by atoms with Gasteiger partial charge in [0.05, 0.1) is 12.7 Å². The summed E-state index contributed by atoms with van der Waals surface area (Å²) in [5, 5.41) is 3.28. The van der Waals surface area contributed by atoms with Crippen molar-refractivity contribution in [1.82, 2.24) is 10.3 Å². The number of hydrogen-bond donors (Lipinski definition) is 1. The van der Waals surface area contributed by atoms with Gasteiger partial charge in [0.15, 0.2) is 0 Å². The van der Waals surface area contributed by atoms with Gasteiger partial charge in [-0.2, -0.15) is 0 Å². The number of aryl methyl sites for hydroxylation is 1. The van der Waals surface area contributed by atoms with E-state index < -0.39 is 0 Å². The largest absolute Gasteiger partial charge is 0.382 e. The van der Waals surface area contributed by atoms with E-state index in [0.29, 0.717) is 6.61 Å². The molecule has 4 heteroatoms. The van der Waals surface area contributed by atoms with Gasteiger partial charge in [0.25, 0.3) is 0 Å². The molecule has 0 radical (unpaired) electrons. The number of hydrogen-bond acceptors (Lipinski definition) is 4. The first-order valence-corrected chi connectivity index (χ1v) is 6.57. The van der Waals surface area contributed by atoms with Gasteiger partial charge in [-0.05, 0) is 37.1 Å². The van der Waals surface area contributed by atoms with Crippen molar-refractivity contribution in [3.05, 3.63) is 30.1 Å². The summed E-state index contributed by atoms with van der Waals surface area (Å²) in [4.78, 5) is 4.00. The molecule has 1 unspecified atom stereocenters. The molecule has 0 saturated carbocycles. The maximum atomic E-state index is 5.80. The highest BCUT2D eigenvalue weighted by molar-refractivity contribution is 5.09. The first-order valence-electron chi connectivity index (χ1n) is 6.57. The van der Waals surface area contributed by atoms with Crippen molar-refractivity contribution in [2.75, 3.05) is 33.4 Å². The minimum Gasteiger partial charge on any atom is -0.382 e. The Morgan fingerprint density at radius 1 is 1.33 bits per heavy atom. The number of aromatic nitrogens is 1. The fourth-order valence-electron chi connectivity index (χ4n) is 1.73. The average Bonchev–Trinajstić information content (AvgIpc) is 2.42. The Labute approximate surface area is 110 Å². The number of pyridine rings is 1. The van der Waals surface area contributed by atoms with Crippen LogP contribution >= 0.6 is 0 Å². The molecule has 1 aromatic rings. The fraction of sp³-hybridized carbons (Fsp3) is 0.643. The Morgan fingerprint density at radius 2 is 2.11 bits per heavy atom. The van der Waals surface area contributed by atoms with E-state index >= 15 is 0 Å². The van der Waals surface area contributed by atoms with Crippen molar-refractivity contribution in [2.24, 2.45) is 0 Å². The van der Waals surface area contributed by atoms with Gasteiger partial charge >= 0.3 is 0 Å². The van der Waals surface area contributed by atoms with Crippen molar-refractivity contribution in [3.63, 3.8) is 0 Å². The van der Waals surface area contributed by atoms with E-state index in [1.807, 2.05) is 24.5 Å². The van der Waals surface area contributed by atoms with Gasteiger partial charge in [-0.25, -0.2) is 0 Å². The number of nitrogens with one attached hydrogen (secondary N) is 1. The molecule has 0 aliphatic heterocycles. The van der Waals surface area contributed by atoms with E-state index in [9.17, 15) is 0 Å². The quantitative estimate of drug-likeness (QED) is 0.643. The molecule has 1 heterocycles. The third-order valence-electron chi connectivity index (χ3n) is 2.69. The smallest absolute Gasteiger partial charge is 0.0932 e. The second-order valence-electron chi connectivity index (χ2n) is 4.21. The number of nitrogens with zero attached hydrogens (tertiary/aromatic N) is 1. The van der Waals surface area contributed by atoms with Crippen LogP contribution in [0, 0.1) is 0 Å². The summed E-state index contributed by atoms with van der Waals surface area (Å²) in [5.41, 5.74) is 1.31. The molecule has 0 aliphatic carbocycles. The van der Waals surface area contributed by atoms with E-state index in [1.165, 1.54) is 5.56 Å². The highest BCUT2D eigenvalue weighted by atomic mass is 16.5. The molecule has 0 saturated heterocycles. The normalized spacial score (nSPS) is 12.6. The van der Waals surface area contributed by atoms with Gasteiger partial charge in [0.1, 0.15) is 0 Å². The van der Waals surface area contributed by atoms with Crippen molar-refractivity contribution in [2.45, 2.75) is 25.9 Å². The van der Waals surface area contributed by atoms with Gasteiger partial charge < -0.3 is 14.8 Å². The summed E-state index contributed by atoms with van der Waals surface area (Å²) in [6.07, 6.45) is 5.86. The third kappa shape index (κ3) is 6.69. The minimum absolute atomic E-state index is 0.146. The number of likely N-dealkylation sites (N-methyl/N-ethyl adjacent to an activating group) is 1. The molecule has 1 rings (SSSR count). The molecule has 4 nitrogen and oxygen atoms in total. The predicted molar refractivity (Wildman–Crippen MR) is 72.7 cm³/mol. The highest BCUT2D eigenvalue weighted by Gasteiger charge is 2.07. The SMILES string of the molecule is CCNCC(COC)OCCCc1ccncc1. The highest BCUT2D eigenvalue weighted by Crippen LogP contribution is 2.02. The van der Waals surface area contributed by atoms with Crippen molar-refractivity contribution < 1.29 is 9.47 Å². The van der Waals surface area contributed by atoms with Crippen LogP contribution in [0.15, 0.2) is 24.5 Å². The van der Waals surface area contributed by atoms with Crippen LogP contribution in [0.25, 0.3) is 0 Å². The standard InChI is InChI=1S/C14H24N2O2/c1-3-15-11-14(12-17-2)18-10-4-5-13-6-8-16-9-7-13/h6-9,14-15H,3-5,10-12H2,1-2H3. The first kappa shape index (κ1) is 15.1. The van der Waals surface area contributed by atoms with E-state index in [2.05, 4.69) is 17.2 Å². The zero-order valence-corrected chi connectivity index (χ0v) is 11.4. The number of ether oxygens (including phenoxy) is 2. The van der Waals surface area contributed by atoms with Crippen molar-refractivity contribution >= 4 is 0 Å². The van der Waals surface area contributed by atoms with E-state index in [4.69, 9.17) is 9.47 Å². The Balaban J connectivity index is 2.14. The van der Waals surface area contributed by atoms with Crippen LogP contribution in [0.3, 0.4) is 0 Å². The Morgan fingerprint density at radius 3 is 2.78 bits per heavy atom. The molecule has 0 bridgehead atoms. The summed E-state index contributed by atoms with van der Waals surface area (Å²) in [6.45, 7) is 5.30. The lowest BCUT2D eigenvalue weighted by atomic mass is 10.1. The van der Waals surface area contributed by atoms with Crippen LogP contribution in [-0.2, 0) is 15.9 Å². The Kier molecular flexibility index (Phi) is 8.38. The lowest BCUT2D eigenvalue weighted by Crippen LogP contribution is -2.32. The van der Waals surface area contributed by atoms with E-state index in [-0.39, 0.29) is 6.10 Å². The fourth-order valence-corrected chi connectivity index (χ4v) is 1.73. The molecule has 0 amide bonds. The molecule has 0 aliphatic rings. The maximum Gasteiger partial charge on any atom is 0.0932 e. The number of methoxy groups -OCH3 is 1. The molecule has 1 N–H and O–H groups in total. The topological polar surface area (TPSA) is 43.4 Å². The molecule has 1 atom stereocenters. The zero-order chi connectivity index (χ0) is 13.1. The minimum atomic E-state index is 0.146. The molecule has 1 aromatic heterocycles. The van der Waals surface area contributed by atoms with Gasteiger partial charge in [-0.3, -0.25) is 4.98 Å². The van der Waals surface area contributed by atoms with Gasteiger partial charge in [-0.1, -0.05) is 6.92 Å². The lowest BCUT2D eigenvalue weighted by molar-refractivity contribution is -0.00147. The summed E-state index contributed by atoms with van der Waals surface area (Å²) >= 11 is 0. The molecule has 0 spiro atoms. The van der Waals surface area contributed by atoms with Crippen molar-refractivity contribution in [1.29, 1.82) is 0 Å². The van der Waals surface area contributed by atoms with Crippen molar-refractivity contribution in [3.8, 4) is 0 Å². The van der Waals surface area contributed by atoms with Crippen LogP contribution in [0.1, 0.15) is 18.9 Å². The molecule has 102 valence electrons. The van der Waals surface area contributed by atoms with E-state index in [1.54, 1.807) is 7.11 Å². The van der Waals surface area contributed by atoms with Crippen LogP contribution in [0.2, 0.25) is 0 Å². The second-order valence-corrected chi connectivity index (χ2v) is 4.21. The summed E-state index contributed by atoms with van der Waals surface area (Å²) in [5.74, 6) is 0. The second kappa shape index (κ2) is 10.00. The van der Waals surface area contributed by atoms with Crippen LogP contribution < -0.4 is 5.32 Å². The average molecular weight is 252 g/mol. The van der Waals surface area contributed by atoms with Crippen LogP contribution in [0.5, 0.6) is 0 Å². The predicted octanol–water partition coefficient (Wildman–Crippen LogP) is 1.66. The van der Waals surface area contributed by atoms with E-state index in [0.717, 1.165) is 32.5 Å². The molecular weight excluding hydrogens is 228 g/mol.